The molecule has 18 heavy (non-hydrogen) atoms. The molecule has 2 rings (SSSR count). The summed E-state index contributed by atoms with van der Waals surface area (Å²) in [5.74, 6) is -4.21. The molecule has 2 aromatic rings. The quantitative estimate of drug-likeness (QED) is 0.810. The summed E-state index contributed by atoms with van der Waals surface area (Å²) < 4.78 is 40.1. The average Bonchev–Trinajstić information content (AvgIpc) is 2.65. The van der Waals surface area contributed by atoms with Crippen LogP contribution in [0.2, 0.25) is 0 Å². The first kappa shape index (κ1) is 13.6. The van der Waals surface area contributed by atoms with Gasteiger partial charge in [0.25, 0.3) is 0 Å². The number of hydrogen-bond donors (Lipinski definition) is 1. The zero-order chi connectivity index (χ0) is 13.4. The van der Waals surface area contributed by atoms with E-state index in [4.69, 9.17) is 0 Å². The minimum Gasteiger partial charge on any atom is -0.383 e. The first-order valence-corrected chi connectivity index (χ1v) is 6.60. The van der Waals surface area contributed by atoms with Gasteiger partial charge in [0.2, 0.25) is 0 Å². The molecule has 0 aliphatic carbocycles. The zero-order valence-electron chi connectivity index (χ0n) is 9.18. The third kappa shape index (κ3) is 2.32. The van der Waals surface area contributed by atoms with E-state index >= 15 is 0 Å². The van der Waals surface area contributed by atoms with Crippen molar-refractivity contribution in [3.63, 3.8) is 0 Å². The van der Waals surface area contributed by atoms with E-state index in [9.17, 15) is 18.3 Å². The van der Waals surface area contributed by atoms with Crippen molar-refractivity contribution < 1.29 is 18.3 Å². The summed E-state index contributed by atoms with van der Waals surface area (Å²) in [6, 6.07) is 3.60. The molecular weight excluding hydrogens is 329 g/mol. The van der Waals surface area contributed by atoms with Gasteiger partial charge >= 0.3 is 0 Å². The van der Waals surface area contributed by atoms with Gasteiger partial charge in [-0.3, -0.25) is 0 Å². The smallest absolute Gasteiger partial charge is 0.194 e. The van der Waals surface area contributed by atoms with Crippen molar-refractivity contribution in [2.75, 3.05) is 0 Å². The monoisotopic (exact) mass is 336 g/mol. The van der Waals surface area contributed by atoms with Gasteiger partial charge in [-0.1, -0.05) is 0 Å². The number of rotatable bonds is 2. The summed E-state index contributed by atoms with van der Waals surface area (Å²) in [6.45, 7) is 1.83. The lowest BCUT2D eigenvalue weighted by Crippen LogP contribution is -2.04. The fourth-order valence-corrected chi connectivity index (χ4v) is 3.45. The molecule has 96 valence electrons. The molecule has 1 N–H and O–H groups in total. The Labute approximate surface area is 114 Å². The summed E-state index contributed by atoms with van der Waals surface area (Å²) in [5, 5.41) is 10.0. The molecule has 0 aliphatic heterocycles. The van der Waals surface area contributed by atoms with E-state index in [-0.39, 0.29) is 5.56 Å². The van der Waals surface area contributed by atoms with Crippen LogP contribution >= 0.6 is 27.3 Å². The maximum atomic E-state index is 13.6. The van der Waals surface area contributed by atoms with E-state index in [2.05, 4.69) is 15.9 Å². The van der Waals surface area contributed by atoms with Crippen molar-refractivity contribution in [3.8, 4) is 0 Å². The molecule has 6 heteroatoms. The van der Waals surface area contributed by atoms with Crippen molar-refractivity contribution in [2.24, 2.45) is 0 Å². The summed E-state index contributed by atoms with van der Waals surface area (Å²) in [4.78, 5) is 1.37. The molecule has 0 fully saturated rings. The molecule has 0 saturated heterocycles. The number of halogens is 4. The molecule has 0 spiro atoms. The van der Waals surface area contributed by atoms with Gasteiger partial charge in [-0.2, -0.15) is 0 Å². The van der Waals surface area contributed by atoms with Crippen LogP contribution in [0, 0.1) is 24.4 Å². The molecule has 1 aromatic heterocycles. The normalized spacial score (nSPS) is 12.8. The third-order valence-corrected chi connectivity index (χ3v) is 4.47. The fraction of sp³-hybridized carbons (Fsp3) is 0.167. The predicted octanol–water partition coefficient (Wildman–Crippen LogP) is 4.32. The standard InChI is InChI=1S/C12H8BrF3OS/c1-5-4-7(13)12(18-5)11(17)6-2-3-8(14)10(16)9(6)15/h2-4,11,17H,1H3. The van der Waals surface area contributed by atoms with Gasteiger partial charge in [0.1, 0.15) is 6.10 Å². The van der Waals surface area contributed by atoms with Crippen LogP contribution in [0.4, 0.5) is 13.2 Å². The Bertz CT molecular complexity index is 597. The van der Waals surface area contributed by atoms with E-state index in [0.29, 0.717) is 9.35 Å². The molecule has 0 amide bonds. The van der Waals surface area contributed by atoms with E-state index in [1.165, 1.54) is 11.3 Å². The Morgan fingerprint density at radius 1 is 1.22 bits per heavy atom. The van der Waals surface area contributed by atoms with Crippen LogP contribution in [-0.2, 0) is 0 Å². The summed E-state index contributed by atoms with van der Waals surface area (Å²) in [6.07, 6.45) is -1.33. The lowest BCUT2D eigenvalue weighted by Gasteiger charge is -2.11. The largest absolute Gasteiger partial charge is 0.383 e. The Morgan fingerprint density at radius 3 is 2.44 bits per heavy atom. The van der Waals surface area contributed by atoms with Crippen LogP contribution in [-0.4, -0.2) is 5.11 Å². The molecule has 0 aliphatic rings. The highest BCUT2D eigenvalue weighted by molar-refractivity contribution is 9.10. The first-order valence-electron chi connectivity index (χ1n) is 4.99. The Hall–Kier alpha value is -0.850. The number of hydrogen-bond acceptors (Lipinski definition) is 2. The molecule has 1 heterocycles. The summed E-state index contributed by atoms with van der Waals surface area (Å²) in [5.41, 5.74) is -0.281. The Morgan fingerprint density at radius 2 is 1.89 bits per heavy atom. The summed E-state index contributed by atoms with van der Waals surface area (Å²) in [7, 11) is 0. The van der Waals surface area contributed by atoms with Gasteiger partial charge in [0, 0.05) is 14.9 Å². The highest BCUT2D eigenvalue weighted by atomic mass is 79.9. The van der Waals surface area contributed by atoms with E-state index in [0.717, 1.165) is 17.0 Å². The number of aliphatic hydroxyl groups is 1. The van der Waals surface area contributed by atoms with Gasteiger partial charge in [0.05, 0.1) is 4.88 Å². The molecule has 0 radical (unpaired) electrons. The van der Waals surface area contributed by atoms with E-state index < -0.39 is 23.6 Å². The lowest BCUT2D eigenvalue weighted by atomic mass is 10.1. The van der Waals surface area contributed by atoms with Crippen molar-refractivity contribution in [1.29, 1.82) is 0 Å². The van der Waals surface area contributed by atoms with E-state index in [1.54, 1.807) is 6.07 Å². The molecule has 1 unspecified atom stereocenters. The van der Waals surface area contributed by atoms with Crippen molar-refractivity contribution in [1.82, 2.24) is 0 Å². The van der Waals surface area contributed by atoms with Crippen LogP contribution in [0.15, 0.2) is 22.7 Å². The average molecular weight is 337 g/mol. The Balaban J connectivity index is 2.49. The number of benzene rings is 1. The third-order valence-electron chi connectivity index (χ3n) is 2.44. The first-order chi connectivity index (χ1) is 8.41. The van der Waals surface area contributed by atoms with Crippen molar-refractivity contribution in [3.05, 3.63) is 55.4 Å². The van der Waals surface area contributed by atoms with Crippen molar-refractivity contribution in [2.45, 2.75) is 13.0 Å². The van der Waals surface area contributed by atoms with Crippen LogP contribution in [0.3, 0.4) is 0 Å². The second kappa shape index (κ2) is 5.03. The molecular formula is C12H8BrF3OS. The topological polar surface area (TPSA) is 20.2 Å². The molecule has 1 aromatic carbocycles. The van der Waals surface area contributed by atoms with Gasteiger partial charge in [-0.25, -0.2) is 13.2 Å². The number of aliphatic hydroxyl groups excluding tert-OH is 1. The van der Waals surface area contributed by atoms with Crippen LogP contribution in [0.5, 0.6) is 0 Å². The Kier molecular flexibility index (Phi) is 3.79. The number of thiophene rings is 1. The van der Waals surface area contributed by atoms with Crippen molar-refractivity contribution >= 4 is 27.3 Å². The van der Waals surface area contributed by atoms with Gasteiger partial charge in [-0.15, -0.1) is 11.3 Å². The molecule has 1 nitrogen and oxygen atoms in total. The van der Waals surface area contributed by atoms with Crippen LogP contribution < -0.4 is 0 Å². The lowest BCUT2D eigenvalue weighted by molar-refractivity contribution is 0.215. The number of aryl methyl sites for hydroxylation is 1. The maximum Gasteiger partial charge on any atom is 0.194 e. The summed E-state index contributed by atoms with van der Waals surface area (Å²) >= 11 is 4.49. The second-order valence-electron chi connectivity index (χ2n) is 3.74. The molecule has 0 saturated carbocycles. The fourth-order valence-electron chi connectivity index (χ4n) is 1.58. The highest BCUT2D eigenvalue weighted by Crippen LogP contribution is 2.36. The minimum atomic E-state index is -1.57. The highest BCUT2D eigenvalue weighted by Gasteiger charge is 2.23. The molecule has 1 atom stereocenters. The predicted molar refractivity (Wildman–Crippen MR) is 67.1 cm³/mol. The maximum absolute atomic E-state index is 13.6. The SMILES string of the molecule is Cc1cc(Br)c(C(O)c2ccc(F)c(F)c2F)s1. The second-order valence-corrected chi connectivity index (χ2v) is 5.88. The van der Waals surface area contributed by atoms with Gasteiger partial charge in [-0.05, 0) is 41.1 Å². The zero-order valence-corrected chi connectivity index (χ0v) is 11.6. The van der Waals surface area contributed by atoms with Crippen LogP contribution in [0.25, 0.3) is 0 Å². The van der Waals surface area contributed by atoms with Gasteiger partial charge < -0.3 is 5.11 Å². The molecule has 0 bridgehead atoms. The van der Waals surface area contributed by atoms with Gasteiger partial charge in [0.15, 0.2) is 17.5 Å². The van der Waals surface area contributed by atoms with E-state index in [1.807, 2.05) is 6.92 Å². The minimum absolute atomic E-state index is 0.281. The van der Waals surface area contributed by atoms with Crippen LogP contribution in [0.1, 0.15) is 21.4 Å².